The first-order chi connectivity index (χ1) is 11.3. The van der Waals surface area contributed by atoms with Crippen LogP contribution in [0.5, 0.6) is 0 Å². The minimum Gasteiger partial charge on any atom is -0.368 e. The Hall–Kier alpha value is -1.95. The zero-order chi connectivity index (χ0) is 17.7. The molecule has 0 aliphatic rings. The van der Waals surface area contributed by atoms with Crippen LogP contribution in [0.2, 0.25) is 5.02 Å². The number of rotatable bonds is 8. The predicted octanol–water partition coefficient (Wildman–Crippen LogP) is 3.99. The molecule has 0 radical (unpaired) electrons. The molecule has 0 aliphatic heterocycles. The predicted molar refractivity (Wildman–Crippen MR) is 98.2 cm³/mol. The van der Waals surface area contributed by atoms with E-state index in [9.17, 15) is 4.79 Å². The maximum atomic E-state index is 11.4. The van der Waals surface area contributed by atoms with E-state index >= 15 is 0 Å². The zero-order valence-corrected chi connectivity index (χ0v) is 15.2. The van der Waals surface area contributed by atoms with Crippen molar-refractivity contribution < 1.29 is 4.79 Å². The largest absolute Gasteiger partial charge is 0.368 e. The molecular weight excluding hydrogens is 326 g/mol. The second kappa shape index (κ2) is 7.75. The molecule has 0 spiro atoms. The van der Waals surface area contributed by atoms with Crippen LogP contribution in [0.4, 0.5) is 11.8 Å². The number of aromatic nitrogens is 3. The average molecular weight is 350 g/mol. The molecule has 0 saturated carbocycles. The Kier molecular flexibility index (Phi) is 5.94. The highest BCUT2D eigenvalue weighted by Gasteiger charge is 2.26. The van der Waals surface area contributed by atoms with Crippen LogP contribution >= 0.6 is 11.6 Å². The first kappa shape index (κ1) is 18.4. The van der Waals surface area contributed by atoms with Gasteiger partial charge in [0.25, 0.3) is 0 Å². The van der Waals surface area contributed by atoms with E-state index in [-0.39, 0.29) is 17.3 Å². The molecule has 0 amide bonds. The molecule has 0 aromatic carbocycles. The van der Waals surface area contributed by atoms with Crippen molar-refractivity contribution in [2.45, 2.75) is 58.4 Å². The van der Waals surface area contributed by atoms with E-state index in [1.807, 2.05) is 0 Å². The van der Waals surface area contributed by atoms with Crippen LogP contribution in [0.1, 0.15) is 52.9 Å². The topological polar surface area (TPSA) is 93.8 Å². The van der Waals surface area contributed by atoms with Gasteiger partial charge in [-0.05, 0) is 32.8 Å². The molecule has 7 heteroatoms. The normalized spacial score (nSPS) is 13.7. The number of carbonyl (C=O) groups excluding carboxylic acids is 1. The minimum atomic E-state index is -0.267. The van der Waals surface area contributed by atoms with Crippen molar-refractivity contribution in [1.82, 2.24) is 15.0 Å². The van der Waals surface area contributed by atoms with Gasteiger partial charge >= 0.3 is 0 Å². The molecule has 24 heavy (non-hydrogen) atoms. The molecule has 2 rings (SSSR count). The van der Waals surface area contributed by atoms with Gasteiger partial charge in [0.05, 0.1) is 10.5 Å². The first-order valence-corrected chi connectivity index (χ1v) is 8.57. The monoisotopic (exact) mass is 349 g/mol. The molecule has 3 N–H and O–H groups in total. The molecule has 130 valence electrons. The van der Waals surface area contributed by atoms with Crippen LogP contribution < -0.4 is 11.1 Å². The van der Waals surface area contributed by atoms with Crippen LogP contribution in [-0.2, 0) is 4.79 Å². The Morgan fingerprint density at radius 1 is 1.38 bits per heavy atom. The number of Topliss-reactive ketones (excluding diaryl/α,β-unsaturated/α-hetero) is 1. The van der Waals surface area contributed by atoms with Crippen molar-refractivity contribution >= 4 is 40.2 Å². The van der Waals surface area contributed by atoms with Gasteiger partial charge in [-0.1, -0.05) is 31.4 Å². The van der Waals surface area contributed by atoms with Gasteiger partial charge in [-0.3, -0.25) is 0 Å². The summed E-state index contributed by atoms with van der Waals surface area (Å²) in [6.07, 6.45) is 5.87. The van der Waals surface area contributed by atoms with Crippen LogP contribution in [-0.4, -0.2) is 26.3 Å². The number of pyridine rings is 1. The van der Waals surface area contributed by atoms with Crippen LogP contribution in [0.15, 0.2) is 12.3 Å². The maximum absolute atomic E-state index is 11.4. The van der Waals surface area contributed by atoms with Gasteiger partial charge in [-0.25, -0.2) is 9.97 Å². The van der Waals surface area contributed by atoms with Gasteiger partial charge in [-0.2, -0.15) is 4.98 Å². The average Bonchev–Trinajstić information content (AvgIpc) is 2.50. The Morgan fingerprint density at radius 3 is 2.79 bits per heavy atom. The summed E-state index contributed by atoms with van der Waals surface area (Å²) in [5.74, 6) is 0.922. The molecule has 2 heterocycles. The van der Waals surface area contributed by atoms with Gasteiger partial charge in [-0.15, -0.1) is 0 Å². The SMILES string of the molecule is CCCC[C@@](C)(CCC(C)=O)Nc1nc(N)nc2cc(Cl)cnc12. The number of hydrogen-bond donors (Lipinski definition) is 2. The van der Waals surface area contributed by atoms with E-state index in [4.69, 9.17) is 17.3 Å². The highest BCUT2D eigenvalue weighted by molar-refractivity contribution is 6.31. The summed E-state index contributed by atoms with van der Waals surface area (Å²) in [7, 11) is 0. The van der Waals surface area contributed by atoms with Crippen molar-refractivity contribution in [2.24, 2.45) is 0 Å². The zero-order valence-electron chi connectivity index (χ0n) is 14.4. The summed E-state index contributed by atoms with van der Waals surface area (Å²) in [6, 6.07) is 1.71. The van der Waals surface area contributed by atoms with E-state index in [0.29, 0.717) is 28.3 Å². The number of nitrogen functional groups attached to an aromatic ring is 1. The Labute approximate surface area is 147 Å². The number of nitrogens with two attached hydrogens (primary N) is 1. The fraction of sp³-hybridized carbons (Fsp3) is 0.529. The highest BCUT2D eigenvalue weighted by Crippen LogP contribution is 2.29. The lowest BCUT2D eigenvalue weighted by molar-refractivity contribution is -0.117. The quantitative estimate of drug-likeness (QED) is 0.748. The smallest absolute Gasteiger partial charge is 0.222 e. The Balaban J connectivity index is 2.37. The fourth-order valence-electron chi connectivity index (χ4n) is 2.65. The van der Waals surface area contributed by atoms with Gasteiger partial charge < -0.3 is 15.8 Å². The summed E-state index contributed by atoms with van der Waals surface area (Å²) in [4.78, 5) is 24.3. The maximum Gasteiger partial charge on any atom is 0.222 e. The second-order valence-corrected chi connectivity index (χ2v) is 6.88. The van der Waals surface area contributed by atoms with E-state index in [1.54, 1.807) is 19.2 Å². The summed E-state index contributed by atoms with van der Waals surface area (Å²) in [5.41, 5.74) is 6.78. The lowest BCUT2D eigenvalue weighted by atomic mass is 9.89. The third kappa shape index (κ3) is 4.77. The Morgan fingerprint density at radius 2 is 2.12 bits per heavy atom. The summed E-state index contributed by atoms with van der Waals surface area (Å²) < 4.78 is 0. The summed E-state index contributed by atoms with van der Waals surface area (Å²) >= 11 is 5.99. The summed E-state index contributed by atoms with van der Waals surface area (Å²) in [6.45, 7) is 5.86. The lowest BCUT2D eigenvalue weighted by Crippen LogP contribution is -2.36. The number of hydrogen-bond acceptors (Lipinski definition) is 6. The van der Waals surface area contributed by atoms with Crippen molar-refractivity contribution in [3.63, 3.8) is 0 Å². The molecule has 0 saturated heterocycles. The summed E-state index contributed by atoms with van der Waals surface area (Å²) in [5, 5.41) is 3.96. The molecule has 0 fully saturated rings. The van der Waals surface area contributed by atoms with E-state index < -0.39 is 0 Å². The number of carbonyl (C=O) groups is 1. The van der Waals surface area contributed by atoms with Crippen molar-refractivity contribution in [1.29, 1.82) is 0 Å². The van der Waals surface area contributed by atoms with E-state index in [2.05, 4.69) is 34.1 Å². The number of ketones is 1. The number of anilines is 2. The van der Waals surface area contributed by atoms with Gasteiger partial charge in [0.1, 0.15) is 11.3 Å². The van der Waals surface area contributed by atoms with E-state index in [0.717, 1.165) is 25.7 Å². The van der Waals surface area contributed by atoms with Crippen molar-refractivity contribution in [3.8, 4) is 0 Å². The van der Waals surface area contributed by atoms with Crippen molar-refractivity contribution in [3.05, 3.63) is 17.3 Å². The third-order valence-electron chi connectivity index (χ3n) is 4.05. The van der Waals surface area contributed by atoms with Crippen molar-refractivity contribution in [2.75, 3.05) is 11.1 Å². The number of unbranched alkanes of at least 4 members (excludes halogenated alkanes) is 1. The molecule has 2 aromatic heterocycles. The highest BCUT2D eigenvalue weighted by atomic mass is 35.5. The fourth-order valence-corrected chi connectivity index (χ4v) is 2.81. The van der Waals surface area contributed by atoms with Crippen LogP contribution in [0.3, 0.4) is 0 Å². The molecule has 2 aromatic rings. The second-order valence-electron chi connectivity index (χ2n) is 6.44. The standard InChI is InChI=1S/C17H24ClN5O/c1-4-5-7-17(3,8-6-11(2)24)23-15-14-13(21-16(19)22-15)9-12(18)10-20-14/h9-10H,4-8H2,1-3H3,(H3,19,21,22,23)/t17-/m0/s1. The third-order valence-corrected chi connectivity index (χ3v) is 4.26. The number of fused-ring (bicyclic) bond motifs is 1. The number of halogens is 1. The minimum absolute atomic E-state index is 0.165. The Bertz CT molecular complexity index is 731. The van der Waals surface area contributed by atoms with E-state index in [1.165, 1.54) is 0 Å². The first-order valence-electron chi connectivity index (χ1n) is 8.19. The number of nitrogens with zero attached hydrogens (tertiary/aromatic N) is 3. The van der Waals surface area contributed by atoms with Gasteiger partial charge in [0, 0.05) is 18.2 Å². The molecule has 6 nitrogen and oxygen atoms in total. The van der Waals surface area contributed by atoms with Gasteiger partial charge in [0.15, 0.2) is 5.82 Å². The molecule has 0 bridgehead atoms. The lowest BCUT2D eigenvalue weighted by Gasteiger charge is -2.31. The van der Waals surface area contributed by atoms with Crippen LogP contribution in [0, 0.1) is 0 Å². The van der Waals surface area contributed by atoms with Crippen LogP contribution in [0.25, 0.3) is 11.0 Å². The molecule has 0 aliphatic carbocycles. The number of nitrogens with one attached hydrogen (secondary N) is 1. The molecule has 0 unspecified atom stereocenters. The van der Waals surface area contributed by atoms with Gasteiger partial charge in [0.2, 0.25) is 5.95 Å². The molecule has 1 atom stereocenters. The molecular formula is C17H24ClN5O.